The Balaban J connectivity index is 0.00000300. The van der Waals surface area contributed by atoms with E-state index in [1.165, 1.54) is 12.1 Å². The van der Waals surface area contributed by atoms with Gasteiger partial charge in [-0.1, -0.05) is 0 Å². The molecule has 8 nitrogen and oxygen atoms in total. The van der Waals surface area contributed by atoms with E-state index in [9.17, 15) is 14.7 Å². The van der Waals surface area contributed by atoms with Crippen molar-refractivity contribution in [2.45, 2.75) is 26.2 Å². The van der Waals surface area contributed by atoms with Crippen molar-refractivity contribution in [3.05, 3.63) is 29.8 Å². The molecule has 4 N–H and O–H groups in total. The predicted molar refractivity (Wildman–Crippen MR) is 123 cm³/mol. The molecule has 2 fully saturated rings. The zero-order valence-electron chi connectivity index (χ0n) is 16.7. The Kier molecular flexibility index (Phi) is 8.54. The van der Waals surface area contributed by atoms with Crippen LogP contribution in [0.3, 0.4) is 0 Å². The van der Waals surface area contributed by atoms with E-state index in [0.717, 1.165) is 45.0 Å². The molecule has 1 spiro atoms. The van der Waals surface area contributed by atoms with Crippen LogP contribution in [0.25, 0.3) is 0 Å². The van der Waals surface area contributed by atoms with Crippen LogP contribution in [0.1, 0.15) is 36.5 Å². The number of nitrogens with zero attached hydrogens (tertiary/aromatic N) is 2. The molecule has 2 heterocycles. The van der Waals surface area contributed by atoms with Crippen molar-refractivity contribution < 1.29 is 14.7 Å². The standard InChI is InChI=1S/C20H29N5O3.HI/c1-2-21-19(25-11-3-8-20(14-25)12-17(27)24-13-20)23-10-9-22-18(28)15-4-6-16(26)7-5-15;/h4-7,26H,2-3,8-14H2,1H3,(H,21,23)(H,22,28)(H,24,27);1H. The fraction of sp³-hybridized carbons (Fsp3) is 0.550. The molecule has 9 heteroatoms. The molecule has 2 amide bonds. The maximum Gasteiger partial charge on any atom is 0.251 e. The smallest absolute Gasteiger partial charge is 0.251 e. The van der Waals surface area contributed by atoms with E-state index in [1.807, 2.05) is 6.92 Å². The Morgan fingerprint density at radius 3 is 2.72 bits per heavy atom. The number of carbonyl (C=O) groups is 2. The van der Waals surface area contributed by atoms with Gasteiger partial charge in [0.05, 0.1) is 6.54 Å². The van der Waals surface area contributed by atoms with E-state index in [-0.39, 0.29) is 47.0 Å². The van der Waals surface area contributed by atoms with E-state index in [4.69, 9.17) is 0 Å². The number of likely N-dealkylation sites (tertiary alicyclic amines) is 1. The van der Waals surface area contributed by atoms with Crippen LogP contribution in [0.15, 0.2) is 29.3 Å². The quantitative estimate of drug-likeness (QED) is 0.205. The number of hydrogen-bond donors (Lipinski definition) is 4. The first kappa shape index (κ1) is 23.2. The summed E-state index contributed by atoms with van der Waals surface area (Å²) in [5.41, 5.74) is 0.517. The Labute approximate surface area is 188 Å². The third-order valence-corrected chi connectivity index (χ3v) is 5.28. The zero-order chi connectivity index (χ0) is 20.0. The summed E-state index contributed by atoms with van der Waals surface area (Å²) in [4.78, 5) is 30.7. The molecule has 0 radical (unpaired) electrons. The summed E-state index contributed by atoms with van der Waals surface area (Å²) in [6, 6.07) is 6.15. The highest BCUT2D eigenvalue weighted by Gasteiger charge is 2.42. The van der Waals surface area contributed by atoms with E-state index in [1.54, 1.807) is 12.1 Å². The number of rotatable bonds is 5. The topological polar surface area (TPSA) is 106 Å². The lowest BCUT2D eigenvalue weighted by atomic mass is 9.79. The Bertz CT molecular complexity index is 740. The van der Waals surface area contributed by atoms with Gasteiger partial charge in [-0.3, -0.25) is 14.6 Å². The second kappa shape index (κ2) is 10.7. The minimum absolute atomic E-state index is 0. The van der Waals surface area contributed by atoms with Crippen LogP contribution >= 0.6 is 24.0 Å². The highest BCUT2D eigenvalue weighted by molar-refractivity contribution is 14.0. The van der Waals surface area contributed by atoms with E-state index < -0.39 is 0 Å². The number of benzene rings is 1. The van der Waals surface area contributed by atoms with Crippen LogP contribution < -0.4 is 16.0 Å². The molecular weight excluding hydrogens is 485 g/mol. The molecule has 1 aromatic rings. The van der Waals surface area contributed by atoms with Crippen LogP contribution in [-0.4, -0.2) is 67.0 Å². The maximum atomic E-state index is 12.1. The Hall–Kier alpha value is -2.04. The van der Waals surface area contributed by atoms with Crippen LogP contribution in [0.4, 0.5) is 0 Å². The lowest BCUT2D eigenvalue weighted by molar-refractivity contribution is -0.119. The van der Waals surface area contributed by atoms with Gasteiger partial charge in [0.15, 0.2) is 5.96 Å². The summed E-state index contributed by atoms with van der Waals surface area (Å²) in [6.45, 7) is 6.16. The summed E-state index contributed by atoms with van der Waals surface area (Å²) in [5.74, 6) is 0.920. The summed E-state index contributed by atoms with van der Waals surface area (Å²) >= 11 is 0. The van der Waals surface area contributed by atoms with Gasteiger partial charge in [-0.2, -0.15) is 0 Å². The number of nitrogens with one attached hydrogen (secondary N) is 3. The SMILES string of the molecule is CCNC(=NCCNC(=O)c1ccc(O)cc1)N1CCCC2(CNC(=O)C2)C1.I. The van der Waals surface area contributed by atoms with Gasteiger partial charge >= 0.3 is 0 Å². The molecule has 1 aromatic carbocycles. The first-order chi connectivity index (χ1) is 13.5. The molecule has 1 unspecified atom stereocenters. The average Bonchev–Trinajstić information content (AvgIpc) is 3.04. The van der Waals surface area contributed by atoms with E-state index >= 15 is 0 Å². The van der Waals surface area contributed by atoms with Gasteiger partial charge in [-0.15, -0.1) is 24.0 Å². The van der Waals surface area contributed by atoms with Gasteiger partial charge in [0.25, 0.3) is 5.91 Å². The van der Waals surface area contributed by atoms with E-state index in [0.29, 0.717) is 25.1 Å². The number of halogens is 1. The lowest BCUT2D eigenvalue weighted by Gasteiger charge is -2.40. The van der Waals surface area contributed by atoms with Gasteiger partial charge in [0.2, 0.25) is 5.91 Å². The first-order valence-corrected chi connectivity index (χ1v) is 9.88. The lowest BCUT2D eigenvalue weighted by Crippen LogP contribution is -2.51. The number of guanidine groups is 1. The molecule has 29 heavy (non-hydrogen) atoms. The van der Waals surface area contributed by atoms with Gasteiger partial charge in [0, 0.05) is 50.1 Å². The monoisotopic (exact) mass is 515 g/mol. The van der Waals surface area contributed by atoms with Crippen molar-refractivity contribution in [2.24, 2.45) is 10.4 Å². The number of aliphatic imine (C=N–C) groups is 1. The predicted octanol–water partition coefficient (Wildman–Crippen LogP) is 1.31. The average molecular weight is 515 g/mol. The van der Waals surface area contributed by atoms with Crippen LogP contribution in [-0.2, 0) is 4.79 Å². The van der Waals surface area contributed by atoms with Gasteiger partial charge < -0.3 is 26.0 Å². The fourth-order valence-corrected chi connectivity index (χ4v) is 3.90. The zero-order valence-corrected chi connectivity index (χ0v) is 19.1. The second-order valence-corrected chi connectivity index (χ2v) is 7.52. The number of amides is 2. The minimum Gasteiger partial charge on any atom is -0.508 e. The maximum absolute atomic E-state index is 12.1. The first-order valence-electron chi connectivity index (χ1n) is 9.88. The van der Waals surface area contributed by atoms with Crippen molar-refractivity contribution in [3.8, 4) is 5.75 Å². The van der Waals surface area contributed by atoms with Crippen LogP contribution in [0.2, 0.25) is 0 Å². The van der Waals surface area contributed by atoms with Gasteiger partial charge in [-0.25, -0.2) is 0 Å². The third kappa shape index (κ3) is 6.22. The van der Waals surface area contributed by atoms with Crippen LogP contribution in [0, 0.1) is 5.41 Å². The fourth-order valence-electron chi connectivity index (χ4n) is 3.90. The summed E-state index contributed by atoms with van der Waals surface area (Å²) in [6.07, 6.45) is 2.69. The third-order valence-electron chi connectivity index (χ3n) is 5.28. The van der Waals surface area contributed by atoms with Gasteiger partial charge in [0.1, 0.15) is 5.75 Å². The normalized spacial score (nSPS) is 21.5. The van der Waals surface area contributed by atoms with Crippen molar-refractivity contribution in [1.82, 2.24) is 20.9 Å². The highest BCUT2D eigenvalue weighted by Crippen LogP contribution is 2.35. The number of aromatic hydroxyl groups is 1. The highest BCUT2D eigenvalue weighted by atomic mass is 127. The molecule has 1 atom stereocenters. The largest absolute Gasteiger partial charge is 0.508 e. The number of carbonyl (C=O) groups excluding carboxylic acids is 2. The molecular formula is C20H30IN5O3. The summed E-state index contributed by atoms with van der Waals surface area (Å²) in [7, 11) is 0. The molecule has 2 aliphatic rings. The minimum atomic E-state index is -0.187. The number of phenolic OH excluding ortho intramolecular Hbond substituents is 1. The molecule has 3 rings (SSSR count). The van der Waals surface area contributed by atoms with Crippen molar-refractivity contribution in [1.29, 1.82) is 0 Å². The van der Waals surface area contributed by atoms with Crippen LogP contribution in [0.5, 0.6) is 5.75 Å². The van der Waals surface area contributed by atoms with Crippen molar-refractivity contribution in [2.75, 3.05) is 39.3 Å². The second-order valence-electron chi connectivity index (χ2n) is 7.52. The summed E-state index contributed by atoms with van der Waals surface area (Å²) < 4.78 is 0. The van der Waals surface area contributed by atoms with E-state index in [2.05, 4.69) is 25.8 Å². The number of piperidine rings is 1. The Morgan fingerprint density at radius 1 is 1.31 bits per heavy atom. The molecule has 0 aromatic heterocycles. The molecule has 0 aliphatic carbocycles. The molecule has 0 saturated carbocycles. The van der Waals surface area contributed by atoms with Crippen molar-refractivity contribution in [3.63, 3.8) is 0 Å². The number of hydrogen-bond acceptors (Lipinski definition) is 4. The summed E-state index contributed by atoms with van der Waals surface area (Å²) in [5, 5.41) is 18.4. The molecule has 0 bridgehead atoms. The molecule has 160 valence electrons. The molecule has 2 saturated heterocycles. The Morgan fingerprint density at radius 2 is 2.07 bits per heavy atom. The van der Waals surface area contributed by atoms with Gasteiger partial charge in [-0.05, 0) is 44.0 Å². The number of phenols is 1. The van der Waals surface area contributed by atoms with Crippen molar-refractivity contribution >= 4 is 41.8 Å². The molecule has 2 aliphatic heterocycles.